The van der Waals surface area contributed by atoms with Gasteiger partial charge in [0, 0.05) is 12.1 Å². The second kappa shape index (κ2) is 2.68. The van der Waals surface area contributed by atoms with Gasteiger partial charge in [-0.2, -0.15) is 5.10 Å². The van der Waals surface area contributed by atoms with E-state index in [9.17, 15) is 0 Å². The van der Waals surface area contributed by atoms with E-state index in [1.807, 2.05) is 12.4 Å². The predicted molar refractivity (Wildman–Crippen MR) is 51.4 cm³/mol. The van der Waals surface area contributed by atoms with E-state index in [0.717, 1.165) is 30.2 Å². The first kappa shape index (κ1) is 7.75. The van der Waals surface area contributed by atoms with Crippen molar-refractivity contribution in [3.05, 3.63) is 23.8 Å². The van der Waals surface area contributed by atoms with E-state index in [4.69, 9.17) is 5.73 Å². The highest BCUT2D eigenvalue weighted by Crippen LogP contribution is 2.27. The molecule has 1 aliphatic rings. The van der Waals surface area contributed by atoms with E-state index < -0.39 is 0 Å². The molecule has 0 spiro atoms. The molecule has 3 heterocycles. The molecule has 0 bridgehead atoms. The monoisotopic (exact) mass is 189 g/mol. The minimum absolute atomic E-state index is 0.490. The van der Waals surface area contributed by atoms with Gasteiger partial charge in [0.1, 0.15) is 5.82 Å². The summed E-state index contributed by atoms with van der Waals surface area (Å²) in [7, 11) is 0. The van der Waals surface area contributed by atoms with Crippen LogP contribution in [0.1, 0.15) is 11.4 Å². The Bertz CT molecular complexity index is 467. The molecule has 2 aromatic rings. The van der Waals surface area contributed by atoms with Crippen LogP contribution >= 0.6 is 0 Å². The molecule has 0 saturated heterocycles. The number of rotatable bonds is 1. The Labute approximate surface area is 81.0 Å². The molecule has 3 N–H and O–H groups in total. The van der Waals surface area contributed by atoms with E-state index in [1.54, 1.807) is 0 Å². The maximum absolute atomic E-state index is 5.60. The van der Waals surface area contributed by atoms with Gasteiger partial charge in [-0.05, 0) is 6.42 Å². The molecule has 0 atom stereocenters. The molecule has 14 heavy (non-hydrogen) atoms. The van der Waals surface area contributed by atoms with Gasteiger partial charge >= 0.3 is 0 Å². The van der Waals surface area contributed by atoms with Gasteiger partial charge in [-0.15, -0.1) is 0 Å². The largest absolute Gasteiger partial charge is 0.325 e. The van der Waals surface area contributed by atoms with Crippen molar-refractivity contribution >= 4 is 0 Å². The van der Waals surface area contributed by atoms with E-state index in [0.29, 0.717) is 6.54 Å². The van der Waals surface area contributed by atoms with E-state index in [2.05, 4.69) is 19.7 Å². The minimum Gasteiger partial charge on any atom is -0.325 e. The van der Waals surface area contributed by atoms with Gasteiger partial charge in [0.2, 0.25) is 0 Å². The SMILES string of the molecule is NCc1ncc2n1CCc1cn[nH]c1-2. The van der Waals surface area contributed by atoms with Crippen molar-refractivity contribution in [1.82, 2.24) is 19.7 Å². The van der Waals surface area contributed by atoms with Gasteiger partial charge < -0.3 is 10.3 Å². The number of nitrogens with zero attached hydrogens (tertiary/aromatic N) is 3. The summed E-state index contributed by atoms with van der Waals surface area (Å²) in [6.07, 6.45) is 4.74. The van der Waals surface area contributed by atoms with Crippen LogP contribution < -0.4 is 5.73 Å². The number of fused-ring (bicyclic) bond motifs is 3. The number of hydrogen-bond donors (Lipinski definition) is 2. The molecule has 2 aromatic heterocycles. The Morgan fingerprint density at radius 1 is 1.50 bits per heavy atom. The number of aromatic amines is 1. The van der Waals surface area contributed by atoms with Crippen LogP contribution in [-0.2, 0) is 19.5 Å². The number of aromatic nitrogens is 4. The summed E-state index contributed by atoms with van der Waals surface area (Å²) in [6.45, 7) is 1.44. The lowest BCUT2D eigenvalue weighted by Gasteiger charge is -2.15. The van der Waals surface area contributed by atoms with Crippen molar-refractivity contribution < 1.29 is 0 Å². The fourth-order valence-corrected chi connectivity index (χ4v) is 1.98. The summed E-state index contributed by atoms with van der Waals surface area (Å²) < 4.78 is 2.15. The molecule has 0 fully saturated rings. The molecule has 1 aliphatic heterocycles. The Kier molecular flexibility index (Phi) is 1.49. The third-order valence-corrected chi connectivity index (χ3v) is 2.70. The number of nitrogens with one attached hydrogen (secondary N) is 1. The summed E-state index contributed by atoms with van der Waals surface area (Å²) in [5.74, 6) is 0.945. The highest BCUT2D eigenvalue weighted by molar-refractivity contribution is 5.60. The van der Waals surface area contributed by atoms with E-state index in [1.165, 1.54) is 5.56 Å². The zero-order valence-corrected chi connectivity index (χ0v) is 7.70. The molecule has 0 radical (unpaired) electrons. The second-order valence-corrected chi connectivity index (χ2v) is 3.44. The van der Waals surface area contributed by atoms with Gasteiger partial charge in [0.05, 0.1) is 30.3 Å². The molecule has 0 aliphatic carbocycles. The van der Waals surface area contributed by atoms with Crippen LogP contribution in [0.25, 0.3) is 11.4 Å². The van der Waals surface area contributed by atoms with Gasteiger partial charge in [-0.25, -0.2) is 4.98 Å². The van der Waals surface area contributed by atoms with Gasteiger partial charge in [-0.1, -0.05) is 0 Å². The van der Waals surface area contributed by atoms with Crippen molar-refractivity contribution in [2.24, 2.45) is 5.73 Å². The van der Waals surface area contributed by atoms with Gasteiger partial charge in [0.15, 0.2) is 0 Å². The zero-order valence-electron chi connectivity index (χ0n) is 7.70. The lowest BCUT2D eigenvalue weighted by Crippen LogP contribution is -2.14. The first-order chi connectivity index (χ1) is 6.90. The molecule has 0 unspecified atom stereocenters. The molecular weight excluding hydrogens is 178 g/mol. The van der Waals surface area contributed by atoms with Crippen molar-refractivity contribution in [2.45, 2.75) is 19.5 Å². The number of imidazole rings is 1. The van der Waals surface area contributed by atoms with Crippen LogP contribution in [-0.4, -0.2) is 19.7 Å². The average Bonchev–Trinajstić information content (AvgIpc) is 2.82. The standard InChI is InChI=1S/C9H11N5/c10-3-8-11-5-7-9-6(4-12-13-9)1-2-14(7)8/h4-5H,1-3,10H2,(H,12,13). The first-order valence-corrected chi connectivity index (χ1v) is 4.67. The quantitative estimate of drug-likeness (QED) is 0.677. The maximum atomic E-state index is 5.60. The normalized spacial score (nSPS) is 13.8. The Balaban J connectivity index is 2.22. The zero-order chi connectivity index (χ0) is 9.54. The lowest BCUT2D eigenvalue weighted by atomic mass is 10.1. The summed E-state index contributed by atoms with van der Waals surface area (Å²) in [5.41, 5.74) is 9.06. The van der Waals surface area contributed by atoms with E-state index >= 15 is 0 Å². The third-order valence-electron chi connectivity index (χ3n) is 2.70. The van der Waals surface area contributed by atoms with E-state index in [-0.39, 0.29) is 0 Å². The Morgan fingerprint density at radius 3 is 3.29 bits per heavy atom. The van der Waals surface area contributed by atoms with Crippen LogP contribution in [0.2, 0.25) is 0 Å². The van der Waals surface area contributed by atoms with Crippen LogP contribution in [0.5, 0.6) is 0 Å². The molecule has 5 heteroatoms. The minimum atomic E-state index is 0.490. The average molecular weight is 189 g/mol. The molecule has 0 saturated carbocycles. The number of nitrogens with two attached hydrogens (primary N) is 1. The highest BCUT2D eigenvalue weighted by Gasteiger charge is 2.19. The maximum Gasteiger partial charge on any atom is 0.122 e. The van der Waals surface area contributed by atoms with Gasteiger partial charge in [0.25, 0.3) is 0 Å². The second-order valence-electron chi connectivity index (χ2n) is 3.44. The lowest BCUT2D eigenvalue weighted by molar-refractivity contribution is 0.643. The van der Waals surface area contributed by atoms with Gasteiger partial charge in [-0.3, -0.25) is 5.10 Å². The fraction of sp³-hybridized carbons (Fsp3) is 0.333. The summed E-state index contributed by atoms with van der Waals surface area (Å²) in [6, 6.07) is 0. The van der Waals surface area contributed by atoms with Crippen LogP contribution in [0.15, 0.2) is 12.4 Å². The summed E-state index contributed by atoms with van der Waals surface area (Å²) in [5, 5.41) is 7.04. The Hall–Kier alpha value is -1.62. The topological polar surface area (TPSA) is 72.5 Å². The predicted octanol–water partition coefficient (Wildman–Crippen LogP) is 0.288. The number of H-pyrrole nitrogens is 1. The molecule has 0 aromatic carbocycles. The number of aryl methyl sites for hydroxylation is 1. The van der Waals surface area contributed by atoms with Crippen molar-refractivity contribution in [3.8, 4) is 11.4 Å². The molecule has 3 rings (SSSR count). The van der Waals surface area contributed by atoms with Crippen LogP contribution in [0.3, 0.4) is 0 Å². The third kappa shape index (κ3) is 0.871. The first-order valence-electron chi connectivity index (χ1n) is 4.67. The Morgan fingerprint density at radius 2 is 2.43 bits per heavy atom. The van der Waals surface area contributed by atoms with Crippen molar-refractivity contribution in [3.63, 3.8) is 0 Å². The molecule has 0 amide bonds. The molecule has 5 nitrogen and oxygen atoms in total. The summed E-state index contributed by atoms with van der Waals surface area (Å²) in [4.78, 5) is 4.28. The molecular formula is C9H11N5. The summed E-state index contributed by atoms with van der Waals surface area (Å²) >= 11 is 0. The highest BCUT2D eigenvalue weighted by atomic mass is 15.2. The number of hydrogen-bond acceptors (Lipinski definition) is 3. The van der Waals surface area contributed by atoms with Crippen molar-refractivity contribution in [2.75, 3.05) is 0 Å². The molecule has 72 valence electrons. The van der Waals surface area contributed by atoms with Crippen LogP contribution in [0, 0.1) is 0 Å². The van der Waals surface area contributed by atoms with Crippen molar-refractivity contribution in [1.29, 1.82) is 0 Å². The fourth-order valence-electron chi connectivity index (χ4n) is 1.98. The smallest absolute Gasteiger partial charge is 0.122 e. The van der Waals surface area contributed by atoms with Crippen LogP contribution in [0.4, 0.5) is 0 Å².